The van der Waals surface area contributed by atoms with E-state index in [-0.39, 0.29) is 30.3 Å². The van der Waals surface area contributed by atoms with Crippen molar-refractivity contribution in [2.75, 3.05) is 69.5 Å². The average molecular weight is 624 g/mol. The van der Waals surface area contributed by atoms with Gasteiger partial charge in [-0.15, -0.1) is 0 Å². The van der Waals surface area contributed by atoms with Gasteiger partial charge < -0.3 is 20.4 Å². The summed E-state index contributed by atoms with van der Waals surface area (Å²) in [5, 5.41) is 7.80. The number of aromatic nitrogens is 2. The third-order valence-electron chi connectivity index (χ3n) is 9.02. The number of alkyl halides is 3. The lowest BCUT2D eigenvalue weighted by atomic mass is 9.71. The Morgan fingerprint density at radius 2 is 1.31 bits per heavy atom. The van der Waals surface area contributed by atoms with Crippen LogP contribution in [-0.4, -0.2) is 102 Å². The lowest BCUT2D eigenvalue weighted by molar-refractivity contribution is -0.152. The van der Waals surface area contributed by atoms with Gasteiger partial charge in [-0.25, -0.2) is 9.97 Å². The molecule has 1 aromatic carbocycles. The average Bonchev–Trinajstić information content (AvgIpc) is 3.72. The van der Waals surface area contributed by atoms with Crippen molar-refractivity contribution in [1.29, 1.82) is 0 Å². The van der Waals surface area contributed by atoms with Gasteiger partial charge >= 0.3 is 6.18 Å². The molecule has 3 aromatic rings. The molecule has 0 aliphatic carbocycles. The van der Waals surface area contributed by atoms with Crippen LogP contribution in [0.25, 0.3) is 20.4 Å². The molecule has 0 bridgehead atoms. The third-order valence-corrected chi connectivity index (χ3v) is 10.9. The van der Waals surface area contributed by atoms with Crippen LogP contribution in [0.2, 0.25) is 0 Å². The molecule has 1 spiro atoms. The molecule has 42 heavy (non-hydrogen) atoms. The quantitative estimate of drug-likeness (QED) is 0.386. The molecular weight excluding hydrogens is 587 g/mol. The van der Waals surface area contributed by atoms with Crippen LogP contribution in [0.5, 0.6) is 0 Å². The van der Waals surface area contributed by atoms with Crippen molar-refractivity contribution in [2.45, 2.75) is 51.6 Å². The molecule has 5 heterocycles. The molecule has 2 aromatic heterocycles. The van der Waals surface area contributed by atoms with Crippen LogP contribution in [0.1, 0.15) is 44.1 Å². The minimum absolute atomic E-state index is 0.0113. The molecule has 3 aliphatic heterocycles. The van der Waals surface area contributed by atoms with Crippen LogP contribution in [0.15, 0.2) is 6.07 Å². The van der Waals surface area contributed by atoms with Crippen LogP contribution in [0.3, 0.4) is 0 Å². The summed E-state index contributed by atoms with van der Waals surface area (Å²) in [7, 11) is 0. The maximum Gasteiger partial charge on any atom is 0.401 e. The molecule has 3 saturated heterocycles. The fraction of sp³-hybridized carbons (Fsp3) is 0.643. The van der Waals surface area contributed by atoms with E-state index in [1.165, 1.54) is 27.6 Å². The van der Waals surface area contributed by atoms with Crippen molar-refractivity contribution >= 4 is 65.2 Å². The first kappa shape index (κ1) is 29.4. The number of hydrogen-bond donors (Lipinski definition) is 2. The first-order chi connectivity index (χ1) is 20.1. The zero-order valence-corrected chi connectivity index (χ0v) is 25.3. The smallest absolute Gasteiger partial charge is 0.352 e. The number of likely N-dealkylation sites (tertiary alicyclic amines) is 3. The Morgan fingerprint density at radius 3 is 1.81 bits per heavy atom. The molecule has 0 atom stereocenters. The highest BCUT2D eigenvalue weighted by atomic mass is 32.1. The van der Waals surface area contributed by atoms with Crippen LogP contribution in [0.4, 0.5) is 23.4 Å². The summed E-state index contributed by atoms with van der Waals surface area (Å²) in [5.74, 6) is 0.114. The van der Waals surface area contributed by atoms with Crippen molar-refractivity contribution in [2.24, 2.45) is 5.41 Å². The van der Waals surface area contributed by atoms with Crippen LogP contribution in [0, 0.1) is 12.3 Å². The normalized spacial score (nSPS) is 19.7. The Morgan fingerprint density at radius 1 is 0.833 bits per heavy atom. The van der Waals surface area contributed by atoms with E-state index >= 15 is 0 Å². The van der Waals surface area contributed by atoms with E-state index in [2.05, 4.69) is 16.7 Å². The highest BCUT2D eigenvalue weighted by Gasteiger charge is 2.40. The number of nitrogens with one attached hydrogen (secondary N) is 2. The lowest BCUT2D eigenvalue weighted by Crippen LogP contribution is -2.50. The van der Waals surface area contributed by atoms with Crippen molar-refractivity contribution in [3.8, 4) is 0 Å². The molecule has 0 radical (unpaired) electrons. The Balaban J connectivity index is 1.01. The summed E-state index contributed by atoms with van der Waals surface area (Å²) >= 11 is 3.02. The number of benzene rings is 1. The molecule has 14 heteroatoms. The molecule has 6 rings (SSSR count). The number of piperidine rings is 2. The lowest BCUT2D eigenvalue weighted by Gasteiger charge is -2.47. The van der Waals surface area contributed by atoms with Gasteiger partial charge in [0.2, 0.25) is 11.8 Å². The molecule has 2 amide bonds. The van der Waals surface area contributed by atoms with E-state index in [1.54, 1.807) is 0 Å². The number of anilines is 2. The highest BCUT2D eigenvalue weighted by Crippen LogP contribution is 2.42. The van der Waals surface area contributed by atoms with Gasteiger partial charge in [-0.2, -0.15) is 13.2 Å². The maximum absolute atomic E-state index is 13.0. The fourth-order valence-electron chi connectivity index (χ4n) is 6.44. The predicted octanol–water partition coefficient (Wildman–Crippen LogP) is 4.93. The van der Waals surface area contributed by atoms with Gasteiger partial charge in [-0.05, 0) is 70.0 Å². The minimum atomic E-state index is -4.15. The largest absolute Gasteiger partial charge is 0.401 e. The molecule has 2 N–H and O–H groups in total. The van der Waals surface area contributed by atoms with Crippen molar-refractivity contribution < 1.29 is 22.8 Å². The standard InChI is InChI=1S/C28H36F3N7O2S2/c1-18-23-19(41-25(34-23)32-15-21(39)37-8-2-3-9-37)14-20-24(18)35-26(42-20)33-16-22(40)38-12-6-27(7-13-38)4-10-36(11-5-27)17-28(29,30)31/h14H,2-13,15-17H2,1H3,(H,32,34)(H,33,35). The number of carbonyl (C=O) groups is 2. The number of halogens is 3. The first-order valence-electron chi connectivity index (χ1n) is 14.6. The maximum atomic E-state index is 13.0. The second-order valence-electron chi connectivity index (χ2n) is 11.8. The summed E-state index contributed by atoms with van der Waals surface area (Å²) in [5.41, 5.74) is 2.74. The van der Waals surface area contributed by atoms with Gasteiger partial charge in [0.05, 0.1) is 40.1 Å². The Kier molecular flexibility index (Phi) is 8.22. The summed E-state index contributed by atoms with van der Waals surface area (Å²) in [4.78, 5) is 40.1. The number of amides is 2. The third kappa shape index (κ3) is 6.45. The number of rotatable bonds is 7. The topological polar surface area (TPSA) is 93.7 Å². The predicted molar refractivity (Wildman–Crippen MR) is 160 cm³/mol. The van der Waals surface area contributed by atoms with E-state index in [1.807, 2.05) is 16.7 Å². The van der Waals surface area contributed by atoms with Gasteiger partial charge in [-0.1, -0.05) is 22.7 Å². The van der Waals surface area contributed by atoms with E-state index < -0.39 is 12.7 Å². The summed E-state index contributed by atoms with van der Waals surface area (Å²) in [6, 6.07) is 2.07. The molecule has 3 aliphatic rings. The second-order valence-corrected chi connectivity index (χ2v) is 13.9. The number of aryl methyl sites for hydroxylation is 1. The van der Waals surface area contributed by atoms with Gasteiger partial charge in [0, 0.05) is 31.7 Å². The number of fused-ring (bicyclic) bond motifs is 2. The second kappa shape index (κ2) is 11.8. The molecular formula is C28H36F3N7O2S2. The SMILES string of the molecule is Cc1c2nc(NCC(=O)N3CCCC3)sc2cc2sc(NCC(=O)N3CCC4(CCN(CC(F)(F)F)CC4)CC3)nc12. The van der Waals surface area contributed by atoms with E-state index in [4.69, 9.17) is 9.97 Å². The van der Waals surface area contributed by atoms with Crippen LogP contribution < -0.4 is 10.6 Å². The summed E-state index contributed by atoms with van der Waals surface area (Å²) < 4.78 is 40.2. The summed E-state index contributed by atoms with van der Waals surface area (Å²) in [6.45, 7) is 5.43. The molecule has 228 valence electrons. The Hall–Kier alpha value is -2.71. The fourth-order valence-corrected chi connectivity index (χ4v) is 8.44. The molecule has 3 fully saturated rings. The monoisotopic (exact) mass is 623 g/mol. The van der Waals surface area contributed by atoms with Crippen LogP contribution >= 0.6 is 22.7 Å². The van der Waals surface area contributed by atoms with Gasteiger partial charge in [0.1, 0.15) is 0 Å². The number of carbonyl (C=O) groups excluding carboxylic acids is 2. The molecule has 0 saturated carbocycles. The van der Waals surface area contributed by atoms with Crippen molar-refractivity contribution in [1.82, 2.24) is 24.7 Å². The Bertz CT molecular complexity index is 1450. The zero-order chi connectivity index (χ0) is 29.5. The van der Waals surface area contributed by atoms with Crippen molar-refractivity contribution in [3.63, 3.8) is 0 Å². The number of hydrogen-bond acceptors (Lipinski definition) is 9. The van der Waals surface area contributed by atoms with Gasteiger partial charge in [-0.3, -0.25) is 14.5 Å². The van der Waals surface area contributed by atoms with E-state index in [9.17, 15) is 22.8 Å². The van der Waals surface area contributed by atoms with E-state index in [0.29, 0.717) is 31.3 Å². The van der Waals surface area contributed by atoms with Crippen molar-refractivity contribution in [3.05, 3.63) is 11.6 Å². The van der Waals surface area contributed by atoms with E-state index in [0.717, 1.165) is 82.7 Å². The number of nitrogens with zero attached hydrogens (tertiary/aromatic N) is 5. The zero-order valence-electron chi connectivity index (χ0n) is 23.7. The van der Waals surface area contributed by atoms with Gasteiger partial charge in [0.25, 0.3) is 0 Å². The highest BCUT2D eigenvalue weighted by molar-refractivity contribution is 7.24. The minimum Gasteiger partial charge on any atom is -0.352 e. The van der Waals surface area contributed by atoms with Crippen LogP contribution in [-0.2, 0) is 9.59 Å². The number of thiazole rings is 2. The Labute approximate surface area is 250 Å². The molecule has 0 unspecified atom stereocenters. The van der Waals surface area contributed by atoms with Gasteiger partial charge in [0.15, 0.2) is 10.3 Å². The first-order valence-corrected chi connectivity index (χ1v) is 16.2. The summed E-state index contributed by atoms with van der Waals surface area (Å²) in [6.07, 6.45) is 1.18. The molecule has 9 nitrogen and oxygen atoms in total.